The van der Waals surface area contributed by atoms with Crippen LogP contribution in [0.25, 0.3) is 0 Å². The van der Waals surface area contributed by atoms with Crippen LogP contribution in [0.5, 0.6) is 0 Å². The molecule has 8 heteroatoms. The number of anilines is 1. The average Bonchev–Trinajstić information content (AvgIpc) is 2.81. The SMILES string of the molecule is Cc1ccc(NCCCNC(=O)CN2C(=O)CNC2=O)nc1. The highest BCUT2D eigenvalue weighted by Crippen LogP contribution is 2.03. The summed E-state index contributed by atoms with van der Waals surface area (Å²) in [7, 11) is 0. The van der Waals surface area contributed by atoms with E-state index in [0.717, 1.165) is 16.3 Å². The number of urea groups is 1. The number of pyridine rings is 1. The van der Waals surface area contributed by atoms with Gasteiger partial charge in [-0.3, -0.25) is 14.5 Å². The van der Waals surface area contributed by atoms with Gasteiger partial charge >= 0.3 is 6.03 Å². The summed E-state index contributed by atoms with van der Waals surface area (Å²) in [5, 5.41) is 8.18. The second kappa shape index (κ2) is 7.39. The minimum atomic E-state index is -0.521. The standard InChI is InChI=1S/C14H19N5O3/c1-10-3-4-11(17-7-10)15-5-2-6-16-12(20)9-19-13(21)8-18-14(19)22/h3-4,7H,2,5-6,8-9H2,1H3,(H,15,17)(H,16,20)(H,18,22). The monoisotopic (exact) mass is 305 g/mol. The van der Waals surface area contributed by atoms with E-state index in [1.54, 1.807) is 6.20 Å². The number of carbonyl (C=O) groups excluding carboxylic acids is 3. The number of aryl methyl sites for hydroxylation is 1. The molecular formula is C14H19N5O3. The molecule has 1 aromatic heterocycles. The molecule has 2 rings (SSSR count). The van der Waals surface area contributed by atoms with Crippen LogP contribution in [0.4, 0.5) is 10.6 Å². The molecule has 4 amide bonds. The van der Waals surface area contributed by atoms with E-state index < -0.39 is 6.03 Å². The highest BCUT2D eigenvalue weighted by molar-refractivity contribution is 6.04. The smallest absolute Gasteiger partial charge is 0.325 e. The van der Waals surface area contributed by atoms with Crippen LogP contribution < -0.4 is 16.0 Å². The highest BCUT2D eigenvalue weighted by Gasteiger charge is 2.29. The molecule has 8 nitrogen and oxygen atoms in total. The Morgan fingerprint density at radius 1 is 1.36 bits per heavy atom. The van der Waals surface area contributed by atoms with Gasteiger partial charge in [0.05, 0.1) is 6.54 Å². The van der Waals surface area contributed by atoms with Crippen LogP contribution in [0.3, 0.4) is 0 Å². The molecule has 0 unspecified atom stereocenters. The molecule has 1 aliphatic heterocycles. The Balaban J connectivity index is 1.60. The number of aromatic nitrogens is 1. The van der Waals surface area contributed by atoms with Crippen molar-refractivity contribution in [3.8, 4) is 0 Å². The molecule has 0 radical (unpaired) electrons. The van der Waals surface area contributed by atoms with Crippen LogP contribution in [-0.2, 0) is 9.59 Å². The fraction of sp³-hybridized carbons (Fsp3) is 0.429. The molecule has 1 aromatic rings. The Morgan fingerprint density at radius 3 is 2.82 bits per heavy atom. The molecule has 0 bridgehead atoms. The van der Waals surface area contributed by atoms with Crippen molar-refractivity contribution in [3.05, 3.63) is 23.9 Å². The maximum Gasteiger partial charge on any atom is 0.325 e. The van der Waals surface area contributed by atoms with E-state index >= 15 is 0 Å². The van der Waals surface area contributed by atoms with E-state index in [9.17, 15) is 14.4 Å². The molecule has 3 N–H and O–H groups in total. The molecule has 0 aliphatic carbocycles. The van der Waals surface area contributed by atoms with Gasteiger partial charge in [0.15, 0.2) is 0 Å². The van der Waals surface area contributed by atoms with E-state index in [1.807, 2.05) is 19.1 Å². The average molecular weight is 305 g/mol. The molecule has 0 aromatic carbocycles. The fourth-order valence-electron chi connectivity index (χ4n) is 1.92. The number of imide groups is 1. The van der Waals surface area contributed by atoms with Crippen molar-refractivity contribution in [3.63, 3.8) is 0 Å². The third-order valence-electron chi connectivity index (χ3n) is 3.13. The predicted octanol–water partition coefficient (Wildman–Crippen LogP) is -0.140. The maximum absolute atomic E-state index is 11.6. The summed E-state index contributed by atoms with van der Waals surface area (Å²) < 4.78 is 0. The van der Waals surface area contributed by atoms with Crippen LogP contribution >= 0.6 is 0 Å². The van der Waals surface area contributed by atoms with E-state index in [0.29, 0.717) is 19.5 Å². The lowest BCUT2D eigenvalue weighted by atomic mass is 10.3. The van der Waals surface area contributed by atoms with Crippen molar-refractivity contribution in [2.24, 2.45) is 0 Å². The minimum Gasteiger partial charge on any atom is -0.370 e. The first-order chi connectivity index (χ1) is 10.6. The number of hydrogen-bond acceptors (Lipinski definition) is 5. The third-order valence-corrected chi connectivity index (χ3v) is 3.13. The van der Waals surface area contributed by atoms with E-state index in [2.05, 4.69) is 20.9 Å². The number of amides is 4. The van der Waals surface area contributed by atoms with Gasteiger partial charge in [0.2, 0.25) is 5.91 Å². The first kappa shape index (κ1) is 15.7. The Labute approximate surface area is 128 Å². The molecule has 22 heavy (non-hydrogen) atoms. The number of nitrogens with zero attached hydrogens (tertiary/aromatic N) is 2. The van der Waals surface area contributed by atoms with E-state index in [-0.39, 0.29) is 24.9 Å². The minimum absolute atomic E-state index is 0.0421. The number of carbonyl (C=O) groups is 3. The predicted molar refractivity (Wildman–Crippen MR) is 80.2 cm³/mol. The zero-order valence-corrected chi connectivity index (χ0v) is 12.4. The van der Waals surface area contributed by atoms with Crippen LogP contribution in [-0.4, -0.2) is 53.9 Å². The Hall–Kier alpha value is -2.64. The van der Waals surface area contributed by atoms with Crippen LogP contribution in [0.15, 0.2) is 18.3 Å². The van der Waals surface area contributed by atoms with Crippen LogP contribution in [0.1, 0.15) is 12.0 Å². The molecule has 1 saturated heterocycles. The summed E-state index contributed by atoms with van der Waals surface area (Å²) in [5.41, 5.74) is 1.10. The van der Waals surface area contributed by atoms with Gasteiger partial charge in [0.25, 0.3) is 5.91 Å². The van der Waals surface area contributed by atoms with Gasteiger partial charge in [-0.1, -0.05) is 6.07 Å². The number of hydrogen-bond donors (Lipinski definition) is 3. The summed E-state index contributed by atoms with van der Waals surface area (Å²) in [6.07, 6.45) is 2.49. The van der Waals surface area contributed by atoms with Crippen molar-refractivity contribution in [2.45, 2.75) is 13.3 Å². The van der Waals surface area contributed by atoms with E-state index in [4.69, 9.17) is 0 Å². The molecule has 118 valence electrons. The van der Waals surface area contributed by atoms with Gasteiger partial charge < -0.3 is 16.0 Å². The molecule has 1 fully saturated rings. The van der Waals surface area contributed by atoms with Gasteiger partial charge in [0, 0.05) is 19.3 Å². The lowest BCUT2D eigenvalue weighted by Crippen LogP contribution is -2.41. The Morgan fingerprint density at radius 2 is 2.18 bits per heavy atom. The summed E-state index contributed by atoms with van der Waals surface area (Å²) in [5.74, 6) is 0.0578. The van der Waals surface area contributed by atoms with Crippen LogP contribution in [0.2, 0.25) is 0 Å². The molecule has 2 heterocycles. The van der Waals surface area contributed by atoms with Crippen LogP contribution in [0, 0.1) is 6.92 Å². The van der Waals surface area contributed by atoms with Gasteiger partial charge in [-0.25, -0.2) is 9.78 Å². The Kier molecular flexibility index (Phi) is 5.29. The largest absolute Gasteiger partial charge is 0.370 e. The molecule has 0 spiro atoms. The molecular weight excluding hydrogens is 286 g/mol. The normalized spacial score (nSPS) is 14.0. The van der Waals surface area contributed by atoms with Crippen molar-refractivity contribution in [2.75, 3.05) is 31.5 Å². The number of nitrogens with one attached hydrogen (secondary N) is 3. The highest BCUT2D eigenvalue weighted by atomic mass is 16.2. The van der Waals surface area contributed by atoms with Crippen molar-refractivity contribution in [1.29, 1.82) is 0 Å². The zero-order chi connectivity index (χ0) is 15.9. The molecule has 0 atom stereocenters. The van der Waals surface area contributed by atoms with Gasteiger partial charge in [-0.05, 0) is 25.0 Å². The second-order valence-electron chi connectivity index (χ2n) is 4.99. The van der Waals surface area contributed by atoms with E-state index in [1.165, 1.54) is 0 Å². The van der Waals surface area contributed by atoms with Crippen molar-refractivity contribution in [1.82, 2.24) is 20.5 Å². The topological polar surface area (TPSA) is 103 Å². The summed E-state index contributed by atoms with van der Waals surface area (Å²) in [4.78, 5) is 39.4. The lowest BCUT2D eigenvalue weighted by Gasteiger charge is -2.12. The number of rotatable bonds is 7. The summed E-state index contributed by atoms with van der Waals surface area (Å²) >= 11 is 0. The maximum atomic E-state index is 11.6. The lowest BCUT2D eigenvalue weighted by molar-refractivity contribution is -0.130. The van der Waals surface area contributed by atoms with Gasteiger partial charge in [-0.2, -0.15) is 0 Å². The van der Waals surface area contributed by atoms with Gasteiger partial charge in [-0.15, -0.1) is 0 Å². The molecule has 1 aliphatic rings. The first-order valence-electron chi connectivity index (χ1n) is 7.07. The first-order valence-corrected chi connectivity index (χ1v) is 7.07. The van der Waals surface area contributed by atoms with Gasteiger partial charge in [0.1, 0.15) is 12.4 Å². The quantitative estimate of drug-likeness (QED) is 0.480. The second-order valence-corrected chi connectivity index (χ2v) is 4.99. The third kappa shape index (κ3) is 4.44. The summed E-state index contributed by atoms with van der Waals surface area (Å²) in [6.45, 7) is 2.82. The molecule has 0 saturated carbocycles. The van der Waals surface area contributed by atoms with Crippen molar-refractivity contribution >= 4 is 23.7 Å². The Bertz CT molecular complexity index is 542. The zero-order valence-electron chi connectivity index (χ0n) is 12.4. The van der Waals surface area contributed by atoms with Crippen molar-refractivity contribution < 1.29 is 14.4 Å². The fourth-order valence-corrected chi connectivity index (χ4v) is 1.92. The summed E-state index contributed by atoms with van der Waals surface area (Å²) in [6, 6.07) is 3.34.